The minimum Gasteiger partial charge on any atom is -0.337 e. The second-order valence-electron chi connectivity index (χ2n) is 7.78. The number of pyridine rings is 1. The van der Waals surface area contributed by atoms with Crippen LogP contribution in [-0.4, -0.2) is 34.2 Å². The van der Waals surface area contributed by atoms with Gasteiger partial charge in [0.1, 0.15) is 18.7 Å². The molecule has 0 spiro atoms. The number of aryl methyl sites for hydroxylation is 1. The summed E-state index contributed by atoms with van der Waals surface area (Å²) >= 11 is 0. The van der Waals surface area contributed by atoms with Crippen molar-refractivity contribution in [2.45, 2.75) is 32.7 Å². The van der Waals surface area contributed by atoms with Gasteiger partial charge in [-0.1, -0.05) is 25.1 Å². The minimum atomic E-state index is -0.337. The zero-order chi connectivity index (χ0) is 22.4. The Labute approximate surface area is 182 Å². The second-order valence-corrected chi connectivity index (χ2v) is 7.78. The summed E-state index contributed by atoms with van der Waals surface area (Å²) in [6, 6.07) is 3.13. The van der Waals surface area contributed by atoms with E-state index in [1.54, 1.807) is 24.0 Å². The Balaban J connectivity index is 0.00000105. The summed E-state index contributed by atoms with van der Waals surface area (Å²) in [5.41, 5.74) is 2.58. The number of fused-ring (bicyclic) bond motifs is 2. The van der Waals surface area contributed by atoms with E-state index in [0.29, 0.717) is 34.7 Å². The lowest BCUT2D eigenvalue weighted by atomic mass is 10.1. The van der Waals surface area contributed by atoms with Crippen LogP contribution in [0.3, 0.4) is 0 Å². The highest BCUT2D eigenvalue weighted by Crippen LogP contribution is 2.62. The van der Waals surface area contributed by atoms with Crippen LogP contribution in [0.15, 0.2) is 46.4 Å². The predicted octanol–water partition coefficient (Wildman–Crippen LogP) is 2.94. The topological polar surface area (TPSA) is 105 Å². The molecule has 0 aliphatic heterocycles. The first-order chi connectivity index (χ1) is 15.6. The van der Waals surface area contributed by atoms with E-state index >= 15 is 0 Å². The van der Waals surface area contributed by atoms with Crippen molar-refractivity contribution in [1.82, 2.24) is 34.2 Å². The van der Waals surface area contributed by atoms with E-state index < -0.39 is 0 Å². The molecule has 10 heteroatoms. The molecule has 1 fully saturated rings. The quantitative estimate of drug-likeness (QED) is 0.485. The second kappa shape index (κ2) is 7.77. The molecule has 0 bridgehead atoms. The van der Waals surface area contributed by atoms with Crippen LogP contribution in [0, 0.1) is 17.7 Å². The van der Waals surface area contributed by atoms with Crippen molar-refractivity contribution in [3.8, 4) is 0 Å². The van der Waals surface area contributed by atoms with Gasteiger partial charge in [-0.2, -0.15) is 4.98 Å². The maximum absolute atomic E-state index is 13.1. The van der Waals surface area contributed by atoms with Crippen LogP contribution in [0.25, 0.3) is 16.7 Å². The van der Waals surface area contributed by atoms with Gasteiger partial charge in [0.2, 0.25) is 5.89 Å². The van der Waals surface area contributed by atoms with Crippen LogP contribution >= 0.6 is 0 Å². The highest BCUT2D eigenvalue weighted by atomic mass is 19.1. The van der Waals surface area contributed by atoms with Crippen LogP contribution in [0.4, 0.5) is 4.39 Å². The molecule has 0 saturated heterocycles. The molecule has 9 nitrogen and oxygen atoms in total. The van der Waals surface area contributed by atoms with Gasteiger partial charge in [-0.15, -0.1) is 0 Å². The van der Waals surface area contributed by atoms with Gasteiger partial charge in [0.05, 0.1) is 18.2 Å². The molecule has 0 N–H and O–H groups in total. The van der Waals surface area contributed by atoms with Crippen LogP contribution in [0.2, 0.25) is 0 Å². The van der Waals surface area contributed by atoms with Gasteiger partial charge < -0.3 is 9.09 Å². The summed E-state index contributed by atoms with van der Waals surface area (Å²) in [6.45, 7) is 4.16. The summed E-state index contributed by atoms with van der Waals surface area (Å²) in [5.74, 6) is 1.65. The van der Waals surface area contributed by atoms with Gasteiger partial charge in [-0.3, -0.25) is 14.3 Å². The lowest BCUT2D eigenvalue weighted by Crippen LogP contribution is -2.22. The molecule has 6 rings (SSSR count). The molecule has 4 aromatic heterocycles. The van der Waals surface area contributed by atoms with Gasteiger partial charge in [0.15, 0.2) is 17.0 Å². The number of hydrogen-bond acceptors (Lipinski definition) is 7. The molecule has 0 amide bonds. The van der Waals surface area contributed by atoms with Crippen molar-refractivity contribution in [1.29, 1.82) is 0 Å². The number of allylic oxidation sites excluding steroid dienone is 2. The molecule has 32 heavy (non-hydrogen) atoms. The van der Waals surface area contributed by atoms with Gasteiger partial charge in [-0.05, 0) is 36.0 Å². The first-order valence-electron chi connectivity index (χ1n) is 10.6. The van der Waals surface area contributed by atoms with Crippen LogP contribution < -0.4 is 5.56 Å². The Morgan fingerprint density at radius 2 is 2.00 bits per heavy atom. The molecular weight excluding hydrogens is 413 g/mol. The molecule has 1 saturated carbocycles. The van der Waals surface area contributed by atoms with E-state index in [0.717, 1.165) is 17.7 Å². The molecule has 0 radical (unpaired) electrons. The fourth-order valence-corrected chi connectivity index (χ4v) is 4.36. The van der Waals surface area contributed by atoms with E-state index in [2.05, 4.69) is 31.2 Å². The molecule has 164 valence electrons. The Hall–Kier alpha value is -3.69. The standard InChI is InChI=1S/C20H16FN7O2.C2H6/c1-27-8-23-19-17(27)20(29)28(9-24-19)7-15-25-18(26-30-15)16-12-4-10(5-13(12)16)14-3-2-11(21)6-22-14;1-2/h2-4,6,8-9,12-13,16H,5,7H2,1H3;1-2H3. The number of halogens is 1. The predicted molar refractivity (Wildman–Crippen MR) is 114 cm³/mol. The molecule has 2 aliphatic rings. The average molecular weight is 435 g/mol. The van der Waals surface area contributed by atoms with Crippen molar-refractivity contribution >= 4 is 16.7 Å². The average Bonchev–Trinajstić information content (AvgIpc) is 3.22. The molecule has 4 heterocycles. The summed E-state index contributed by atoms with van der Waals surface area (Å²) in [5, 5.41) is 4.13. The number of aromatic nitrogens is 7. The third kappa shape index (κ3) is 3.31. The smallest absolute Gasteiger partial charge is 0.280 e. The Kier molecular flexibility index (Phi) is 4.91. The van der Waals surface area contributed by atoms with Crippen molar-refractivity contribution in [3.05, 3.63) is 70.6 Å². The Morgan fingerprint density at radius 1 is 1.19 bits per heavy atom. The van der Waals surface area contributed by atoms with Gasteiger partial charge in [-0.25, -0.2) is 14.4 Å². The summed E-state index contributed by atoms with van der Waals surface area (Å²) in [7, 11) is 1.75. The number of imidazole rings is 1. The monoisotopic (exact) mass is 435 g/mol. The van der Waals surface area contributed by atoms with Gasteiger partial charge >= 0.3 is 0 Å². The molecule has 2 aliphatic carbocycles. The molecule has 3 unspecified atom stereocenters. The van der Waals surface area contributed by atoms with Crippen molar-refractivity contribution in [2.75, 3.05) is 0 Å². The van der Waals surface area contributed by atoms with E-state index in [1.165, 1.54) is 23.2 Å². The molecule has 3 atom stereocenters. The largest absolute Gasteiger partial charge is 0.337 e. The van der Waals surface area contributed by atoms with Gasteiger partial charge in [0, 0.05) is 13.0 Å². The fraction of sp³-hybridized carbons (Fsp3) is 0.364. The third-order valence-electron chi connectivity index (χ3n) is 5.92. The van der Waals surface area contributed by atoms with Crippen LogP contribution in [0.5, 0.6) is 0 Å². The highest BCUT2D eigenvalue weighted by molar-refractivity contribution is 5.69. The summed E-state index contributed by atoms with van der Waals surface area (Å²) < 4.78 is 21.5. The van der Waals surface area contributed by atoms with E-state index in [9.17, 15) is 9.18 Å². The van der Waals surface area contributed by atoms with E-state index in [4.69, 9.17) is 4.52 Å². The Bertz CT molecular complexity index is 1370. The number of hydrogen-bond donors (Lipinski definition) is 0. The van der Waals surface area contributed by atoms with E-state index in [-0.39, 0.29) is 23.8 Å². The highest BCUT2D eigenvalue weighted by Gasteiger charge is 2.55. The first kappa shape index (κ1) is 20.2. The lowest BCUT2D eigenvalue weighted by Gasteiger charge is -2.04. The lowest BCUT2D eigenvalue weighted by molar-refractivity contribution is 0.364. The zero-order valence-electron chi connectivity index (χ0n) is 17.9. The minimum absolute atomic E-state index is 0.155. The molecular formula is C22H22FN7O2. The number of nitrogens with zero attached hydrogens (tertiary/aromatic N) is 7. The first-order valence-corrected chi connectivity index (χ1v) is 10.6. The normalized spacial score (nSPS) is 21.1. The maximum atomic E-state index is 13.1. The van der Waals surface area contributed by atoms with E-state index in [1.807, 2.05) is 13.8 Å². The third-order valence-corrected chi connectivity index (χ3v) is 5.92. The Morgan fingerprint density at radius 3 is 2.72 bits per heavy atom. The maximum Gasteiger partial charge on any atom is 0.280 e. The molecule has 4 aromatic rings. The summed E-state index contributed by atoms with van der Waals surface area (Å²) in [6.07, 6.45) is 7.28. The molecule has 0 aromatic carbocycles. The van der Waals surface area contributed by atoms with Crippen LogP contribution in [-0.2, 0) is 13.6 Å². The van der Waals surface area contributed by atoms with Gasteiger partial charge in [0.25, 0.3) is 5.56 Å². The SMILES string of the molecule is CC.Cn1cnc2ncn(Cc3nc(C4C5C=C(c6ccc(F)cn6)CC54)no3)c(=O)c21. The van der Waals surface area contributed by atoms with Crippen molar-refractivity contribution in [3.63, 3.8) is 0 Å². The van der Waals surface area contributed by atoms with Crippen LogP contribution in [0.1, 0.15) is 43.6 Å². The zero-order valence-corrected chi connectivity index (χ0v) is 17.9. The number of rotatable bonds is 4. The van der Waals surface area contributed by atoms with Crippen molar-refractivity contribution < 1.29 is 8.91 Å². The summed E-state index contributed by atoms with van der Waals surface area (Å²) in [4.78, 5) is 29.6. The fourth-order valence-electron chi connectivity index (χ4n) is 4.36. The van der Waals surface area contributed by atoms with Crippen molar-refractivity contribution in [2.24, 2.45) is 18.9 Å².